The number of ether oxygens (including phenoxy) is 3. The van der Waals surface area contributed by atoms with E-state index in [0.29, 0.717) is 24.4 Å². The zero-order chi connectivity index (χ0) is 19.1. The van der Waals surface area contributed by atoms with E-state index in [-0.39, 0.29) is 31.3 Å². The average Bonchev–Trinajstić information content (AvgIpc) is 2.63. The van der Waals surface area contributed by atoms with Crippen LogP contribution in [0.3, 0.4) is 0 Å². The Morgan fingerprint density at radius 2 is 1.85 bits per heavy atom. The number of para-hydroxylation sites is 1. The van der Waals surface area contributed by atoms with E-state index in [0.717, 1.165) is 0 Å². The Morgan fingerprint density at radius 1 is 1.19 bits per heavy atom. The van der Waals surface area contributed by atoms with Gasteiger partial charge in [0.1, 0.15) is 12.3 Å². The van der Waals surface area contributed by atoms with Gasteiger partial charge in [0.25, 0.3) is 11.8 Å². The molecule has 26 heavy (non-hydrogen) atoms. The van der Waals surface area contributed by atoms with E-state index in [2.05, 4.69) is 5.32 Å². The van der Waals surface area contributed by atoms with Crippen LogP contribution < -0.4 is 10.1 Å². The van der Waals surface area contributed by atoms with Crippen molar-refractivity contribution in [1.82, 2.24) is 10.2 Å². The van der Waals surface area contributed by atoms with E-state index in [1.807, 2.05) is 13.8 Å². The van der Waals surface area contributed by atoms with Crippen molar-refractivity contribution in [2.24, 2.45) is 0 Å². The van der Waals surface area contributed by atoms with Crippen molar-refractivity contribution < 1.29 is 28.6 Å². The fraction of sp³-hybridized carbons (Fsp3) is 0.500. The molecule has 2 rings (SSSR count). The molecule has 1 fully saturated rings. The number of amides is 2. The van der Waals surface area contributed by atoms with Crippen LogP contribution in [0, 0.1) is 0 Å². The molecule has 2 amide bonds. The molecule has 1 N–H and O–H groups in total. The van der Waals surface area contributed by atoms with Crippen LogP contribution in [0.15, 0.2) is 24.3 Å². The summed E-state index contributed by atoms with van der Waals surface area (Å²) < 4.78 is 15.6. The molecular formula is C18H24N2O6. The molecule has 0 saturated carbocycles. The van der Waals surface area contributed by atoms with Crippen molar-refractivity contribution >= 4 is 17.8 Å². The summed E-state index contributed by atoms with van der Waals surface area (Å²) in [6.07, 6.45) is -0.114. The van der Waals surface area contributed by atoms with Crippen LogP contribution in [-0.2, 0) is 19.1 Å². The zero-order valence-corrected chi connectivity index (χ0v) is 15.2. The molecule has 1 saturated heterocycles. The van der Waals surface area contributed by atoms with Crippen LogP contribution in [-0.4, -0.2) is 68.2 Å². The first kappa shape index (κ1) is 19.7. The fourth-order valence-corrected chi connectivity index (χ4v) is 2.75. The molecule has 8 nitrogen and oxygen atoms in total. The van der Waals surface area contributed by atoms with E-state index >= 15 is 0 Å². The molecule has 142 valence electrons. The second-order valence-corrected chi connectivity index (χ2v) is 6.10. The maximum Gasteiger partial charge on any atom is 0.325 e. The molecule has 1 aliphatic rings. The largest absolute Gasteiger partial charge is 0.496 e. The Bertz CT molecular complexity index is 653. The number of methoxy groups -OCH3 is 1. The zero-order valence-electron chi connectivity index (χ0n) is 15.2. The summed E-state index contributed by atoms with van der Waals surface area (Å²) in [4.78, 5) is 37.6. The number of benzene rings is 1. The van der Waals surface area contributed by atoms with Crippen molar-refractivity contribution in [3.8, 4) is 5.75 Å². The second kappa shape index (κ2) is 9.19. The number of hydrogen-bond acceptors (Lipinski definition) is 6. The van der Waals surface area contributed by atoms with E-state index in [4.69, 9.17) is 14.2 Å². The summed E-state index contributed by atoms with van der Waals surface area (Å²) in [5.41, 5.74) is 0.315. The van der Waals surface area contributed by atoms with E-state index in [9.17, 15) is 14.4 Å². The summed E-state index contributed by atoms with van der Waals surface area (Å²) in [7, 11) is 1.46. The predicted octanol–water partition coefficient (Wildman–Crippen LogP) is 0.604. The molecule has 0 spiro atoms. The van der Waals surface area contributed by atoms with Crippen LogP contribution in [0.5, 0.6) is 5.75 Å². The van der Waals surface area contributed by atoms with Crippen LogP contribution in [0.4, 0.5) is 0 Å². The number of hydrogen-bond donors (Lipinski definition) is 1. The SMILES string of the molecule is COc1ccccc1C(=O)NCC(=O)OCC(=O)N1C[C@@H](C)O[C@H](C)C1. The first-order valence-electron chi connectivity index (χ1n) is 8.40. The van der Waals surface area contributed by atoms with Crippen molar-refractivity contribution in [1.29, 1.82) is 0 Å². The molecule has 8 heteroatoms. The second-order valence-electron chi connectivity index (χ2n) is 6.10. The molecule has 1 aromatic carbocycles. The van der Waals surface area contributed by atoms with Crippen molar-refractivity contribution in [2.45, 2.75) is 26.1 Å². The quantitative estimate of drug-likeness (QED) is 0.743. The number of nitrogens with one attached hydrogen (secondary N) is 1. The van der Waals surface area contributed by atoms with Crippen molar-refractivity contribution in [3.63, 3.8) is 0 Å². The van der Waals surface area contributed by atoms with Crippen LogP contribution in [0.2, 0.25) is 0 Å². The molecule has 0 bridgehead atoms. The first-order chi connectivity index (χ1) is 12.4. The molecule has 2 atom stereocenters. The van der Waals surface area contributed by atoms with Gasteiger partial charge in [-0.15, -0.1) is 0 Å². The van der Waals surface area contributed by atoms with Gasteiger partial charge in [-0.25, -0.2) is 0 Å². The topological polar surface area (TPSA) is 94.2 Å². The fourth-order valence-electron chi connectivity index (χ4n) is 2.75. The Hall–Kier alpha value is -2.61. The Labute approximate surface area is 152 Å². The van der Waals surface area contributed by atoms with E-state index < -0.39 is 11.9 Å². The maximum atomic E-state index is 12.1. The minimum absolute atomic E-state index is 0.0569. The highest BCUT2D eigenvalue weighted by Crippen LogP contribution is 2.16. The van der Waals surface area contributed by atoms with Gasteiger partial charge in [-0.05, 0) is 26.0 Å². The molecule has 1 aliphatic heterocycles. The van der Waals surface area contributed by atoms with Gasteiger partial charge in [0.05, 0.1) is 24.9 Å². The Kier molecular flexibility index (Phi) is 6.97. The summed E-state index contributed by atoms with van der Waals surface area (Å²) in [5, 5.41) is 2.45. The normalized spacial score (nSPS) is 19.6. The predicted molar refractivity (Wildman–Crippen MR) is 92.9 cm³/mol. The summed E-state index contributed by atoms with van der Waals surface area (Å²) in [5.74, 6) is -1.02. The minimum Gasteiger partial charge on any atom is -0.496 e. The molecule has 1 heterocycles. The summed E-state index contributed by atoms with van der Waals surface area (Å²) in [6.45, 7) is 4.00. The molecule has 0 aliphatic carbocycles. The Morgan fingerprint density at radius 3 is 2.50 bits per heavy atom. The third kappa shape index (κ3) is 5.45. The Balaban J connectivity index is 1.76. The number of nitrogens with zero attached hydrogens (tertiary/aromatic N) is 1. The van der Waals surface area contributed by atoms with Gasteiger partial charge in [0.15, 0.2) is 6.61 Å². The van der Waals surface area contributed by atoms with Crippen LogP contribution >= 0.6 is 0 Å². The van der Waals surface area contributed by atoms with Crippen molar-refractivity contribution in [2.75, 3.05) is 33.4 Å². The molecule has 1 aromatic rings. The first-order valence-corrected chi connectivity index (χ1v) is 8.40. The minimum atomic E-state index is -0.684. The number of carbonyl (C=O) groups is 3. The number of esters is 1. The van der Waals surface area contributed by atoms with Gasteiger partial charge in [0.2, 0.25) is 0 Å². The van der Waals surface area contributed by atoms with E-state index in [1.165, 1.54) is 7.11 Å². The lowest BCUT2D eigenvalue weighted by Crippen LogP contribution is -2.49. The maximum absolute atomic E-state index is 12.1. The lowest BCUT2D eigenvalue weighted by atomic mass is 10.2. The van der Waals surface area contributed by atoms with Gasteiger partial charge in [-0.2, -0.15) is 0 Å². The number of carbonyl (C=O) groups excluding carboxylic acids is 3. The highest BCUT2D eigenvalue weighted by atomic mass is 16.5. The van der Waals surface area contributed by atoms with Gasteiger partial charge < -0.3 is 24.4 Å². The molecule has 0 aromatic heterocycles. The number of rotatable bonds is 6. The lowest BCUT2D eigenvalue weighted by molar-refractivity contribution is -0.156. The van der Waals surface area contributed by atoms with E-state index in [1.54, 1.807) is 29.2 Å². The standard InChI is InChI=1S/C18H24N2O6/c1-12-9-20(10-13(2)26-12)16(21)11-25-17(22)8-19-18(23)14-6-4-5-7-15(14)24-3/h4-7,12-13H,8-11H2,1-3H3,(H,19,23)/t12-,13-/m1/s1. The smallest absolute Gasteiger partial charge is 0.325 e. The summed E-state index contributed by atoms with van der Waals surface area (Å²) in [6, 6.07) is 6.67. The van der Waals surface area contributed by atoms with Gasteiger partial charge >= 0.3 is 5.97 Å². The molecule has 0 radical (unpaired) electrons. The third-order valence-electron chi connectivity index (χ3n) is 3.87. The summed E-state index contributed by atoms with van der Waals surface area (Å²) >= 11 is 0. The van der Waals surface area contributed by atoms with Crippen molar-refractivity contribution in [3.05, 3.63) is 29.8 Å². The van der Waals surface area contributed by atoms with Gasteiger partial charge in [-0.1, -0.05) is 12.1 Å². The molecular weight excluding hydrogens is 340 g/mol. The van der Waals surface area contributed by atoms with Gasteiger partial charge in [0, 0.05) is 13.1 Å². The highest BCUT2D eigenvalue weighted by Gasteiger charge is 2.26. The van der Waals surface area contributed by atoms with Crippen LogP contribution in [0.25, 0.3) is 0 Å². The number of morpholine rings is 1. The highest BCUT2D eigenvalue weighted by molar-refractivity contribution is 5.98. The average molecular weight is 364 g/mol. The third-order valence-corrected chi connectivity index (χ3v) is 3.87. The molecule has 0 unspecified atom stereocenters. The monoisotopic (exact) mass is 364 g/mol. The van der Waals surface area contributed by atoms with Crippen LogP contribution in [0.1, 0.15) is 24.2 Å². The van der Waals surface area contributed by atoms with Gasteiger partial charge in [-0.3, -0.25) is 14.4 Å². The lowest BCUT2D eigenvalue weighted by Gasteiger charge is -2.35.